The first kappa shape index (κ1) is 23.1. The van der Waals surface area contributed by atoms with E-state index in [1.54, 1.807) is 65.4 Å². The fraction of sp³-hybridized carbons (Fsp3) is 0.375. The van der Waals surface area contributed by atoms with E-state index < -0.39 is 11.4 Å². The topological polar surface area (TPSA) is 66.9 Å². The van der Waals surface area contributed by atoms with Crippen LogP contribution in [0.25, 0.3) is 0 Å². The molecule has 0 unspecified atom stereocenters. The SMILES string of the molecule is CCN(CC)C(=O)c1ccc(C(=O)Oc2ccc(N(C)C(=O)C(C)(C)C)cc2)cc1. The largest absolute Gasteiger partial charge is 0.423 e. The van der Waals surface area contributed by atoms with Crippen molar-refractivity contribution in [2.45, 2.75) is 34.6 Å². The van der Waals surface area contributed by atoms with Gasteiger partial charge in [-0.3, -0.25) is 9.59 Å². The van der Waals surface area contributed by atoms with Crippen molar-refractivity contribution < 1.29 is 19.1 Å². The van der Waals surface area contributed by atoms with Crippen molar-refractivity contribution in [2.24, 2.45) is 5.41 Å². The van der Waals surface area contributed by atoms with Crippen molar-refractivity contribution in [3.8, 4) is 5.75 Å². The predicted molar refractivity (Wildman–Crippen MR) is 118 cm³/mol. The molecule has 0 radical (unpaired) electrons. The number of carbonyl (C=O) groups is 3. The summed E-state index contributed by atoms with van der Waals surface area (Å²) in [5.74, 6) is -0.205. The Morgan fingerprint density at radius 2 is 1.33 bits per heavy atom. The first-order valence-electron chi connectivity index (χ1n) is 10.1. The standard InChI is InChI=1S/C24H30N2O4/c1-7-26(8-2)21(27)17-9-11-18(12-10-17)22(28)30-20-15-13-19(14-16-20)25(6)23(29)24(3,4)5/h9-16H,7-8H2,1-6H3. The predicted octanol–water partition coefficient (Wildman–Crippen LogP) is 4.40. The molecule has 0 aliphatic rings. The van der Waals surface area contributed by atoms with Crippen LogP contribution in [0.15, 0.2) is 48.5 Å². The van der Waals surface area contributed by atoms with E-state index in [-0.39, 0.29) is 11.8 Å². The lowest BCUT2D eigenvalue weighted by atomic mass is 9.95. The van der Waals surface area contributed by atoms with E-state index in [9.17, 15) is 14.4 Å². The molecule has 0 saturated heterocycles. The molecule has 2 rings (SSSR count). The zero-order chi connectivity index (χ0) is 22.5. The highest BCUT2D eigenvalue weighted by Gasteiger charge is 2.25. The van der Waals surface area contributed by atoms with Crippen LogP contribution in [-0.4, -0.2) is 42.8 Å². The summed E-state index contributed by atoms with van der Waals surface area (Å²) in [6.07, 6.45) is 0. The van der Waals surface area contributed by atoms with Gasteiger partial charge < -0.3 is 14.5 Å². The summed E-state index contributed by atoms with van der Waals surface area (Å²) >= 11 is 0. The molecule has 2 amide bonds. The molecule has 6 nitrogen and oxygen atoms in total. The van der Waals surface area contributed by atoms with E-state index in [0.29, 0.717) is 35.7 Å². The van der Waals surface area contributed by atoms with Crippen LogP contribution < -0.4 is 9.64 Å². The van der Waals surface area contributed by atoms with Gasteiger partial charge in [0.15, 0.2) is 0 Å². The average Bonchev–Trinajstić information content (AvgIpc) is 2.73. The molecule has 0 aliphatic heterocycles. The number of nitrogens with zero attached hydrogens (tertiary/aromatic N) is 2. The summed E-state index contributed by atoms with van der Waals surface area (Å²) in [6.45, 7) is 10.7. The molecule has 2 aromatic carbocycles. The first-order valence-corrected chi connectivity index (χ1v) is 10.1. The fourth-order valence-electron chi connectivity index (χ4n) is 2.97. The van der Waals surface area contributed by atoms with E-state index in [1.165, 1.54) is 0 Å². The van der Waals surface area contributed by atoms with Gasteiger partial charge in [-0.2, -0.15) is 0 Å². The Morgan fingerprint density at radius 1 is 0.833 bits per heavy atom. The zero-order valence-electron chi connectivity index (χ0n) is 18.6. The smallest absolute Gasteiger partial charge is 0.343 e. The lowest BCUT2D eigenvalue weighted by Gasteiger charge is -2.26. The Morgan fingerprint density at radius 3 is 1.80 bits per heavy atom. The van der Waals surface area contributed by atoms with Gasteiger partial charge in [-0.25, -0.2) is 4.79 Å². The monoisotopic (exact) mass is 410 g/mol. The number of hydrogen-bond donors (Lipinski definition) is 0. The quantitative estimate of drug-likeness (QED) is 0.523. The van der Waals surface area contributed by atoms with Crippen molar-refractivity contribution in [3.63, 3.8) is 0 Å². The molecule has 2 aromatic rings. The molecular formula is C24H30N2O4. The summed E-state index contributed by atoms with van der Waals surface area (Å²) < 4.78 is 5.42. The number of hydrogen-bond acceptors (Lipinski definition) is 4. The van der Waals surface area contributed by atoms with E-state index in [0.717, 1.165) is 0 Å². The number of anilines is 1. The van der Waals surface area contributed by atoms with E-state index in [1.807, 2.05) is 34.6 Å². The van der Waals surface area contributed by atoms with Crippen molar-refractivity contribution in [3.05, 3.63) is 59.7 Å². The van der Waals surface area contributed by atoms with Crippen LogP contribution in [0, 0.1) is 5.41 Å². The third-order valence-electron chi connectivity index (χ3n) is 4.80. The minimum absolute atomic E-state index is 0.00778. The molecule has 0 aliphatic carbocycles. The Bertz CT molecular complexity index is 892. The Labute approximate surface area is 178 Å². The molecular weight excluding hydrogens is 380 g/mol. The van der Waals surface area contributed by atoms with E-state index in [4.69, 9.17) is 4.74 Å². The number of amides is 2. The van der Waals surface area contributed by atoms with Gasteiger partial charge in [0, 0.05) is 36.8 Å². The number of esters is 1. The minimum Gasteiger partial charge on any atom is -0.423 e. The van der Waals surface area contributed by atoms with Crippen LogP contribution in [0.5, 0.6) is 5.75 Å². The summed E-state index contributed by atoms with van der Waals surface area (Å²) in [5.41, 5.74) is 1.12. The third kappa shape index (κ3) is 5.47. The molecule has 0 bridgehead atoms. The molecule has 0 N–H and O–H groups in total. The van der Waals surface area contributed by atoms with Crippen LogP contribution in [-0.2, 0) is 4.79 Å². The molecule has 0 heterocycles. The second-order valence-corrected chi connectivity index (χ2v) is 8.05. The highest BCUT2D eigenvalue weighted by Crippen LogP contribution is 2.24. The van der Waals surface area contributed by atoms with E-state index >= 15 is 0 Å². The molecule has 160 valence electrons. The van der Waals surface area contributed by atoms with Gasteiger partial charge >= 0.3 is 5.97 Å². The van der Waals surface area contributed by atoms with Crippen LogP contribution >= 0.6 is 0 Å². The Kier molecular flexibility index (Phi) is 7.38. The molecule has 0 aromatic heterocycles. The number of rotatable bonds is 6. The fourth-order valence-corrected chi connectivity index (χ4v) is 2.97. The van der Waals surface area contributed by atoms with Crippen LogP contribution in [0.2, 0.25) is 0 Å². The molecule has 0 saturated carbocycles. The summed E-state index contributed by atoms with van der Waals surface area (Å²) in [7, 11) is 1.72. The van der Waals surface area contributed by atoms with Gasteiger partial charge in [0.25, 0.3) is 5.91 Å². The summed E-state index contributed by atoms with van der Waals surface area (Å²) in [6, 6.07) is 13.2. The van der Waals surface area contributed by atoms with Gasteiger partial charge in [0.05, 0.1) is 5.56 Å². The second-order valence-electron chi connectivity index (χ2n) is 8.05. The molecule has 0 atom stereocenters. The number of benzene rings is 2. The number of ether oxygens (including phenoxy) is 1. The van der Waals surface area contributed by atoms with Crippen molar-refractivity contribution in [1.29, 1.82) is 0 Å². The highest BCUT2D eigenvalue weighted by atomic mass is 16.5. The van der Waals surface area contributed by atoms with Gasteiger partial charge in [0.2, 0.25) is 5.91 Å². The summed E-state index contributed by atoms with van der Waals surface area (Å²) in [5, 5.41) is 0. The Balaban J connectivity index is 2.06. The zero-order valence-corrected chi connectivity index (χ0v) is 18.6. The lowest BCUT2D eigenvalue weighted by Crippen LogP contribution is -2.36. The summed E-state index contributed by atoms with van der Waals surface area (Å²) in [4.78, 5) is 40.5. The maximum Gasteiger partial charge on any atom is 0.343 e. The van der Waals surface area contributed by atoms with Gasteiger partial charge in [-0.15, -0.1) is 0 Å². The van der Waals surface area contributed by atoms with Crippen LogP contribution in [0.4, 0.5) is 5.69 Å². The average molecular weight is 411 g/mol. The van der Waals surface area contributed by atoms with Crippen molar-refractivity contribution in [2.75, 3.05) is 25.0 Å². The molecule has 0 fully saturated rings. The van der Waals surface area contributed by atoms with Crippen molar-refractivity contribution in [1.82, 2.24) is 4.90 Å². The number of carbonyl (C=O) groups excluding carboxylic acids is 3. The van der Waals surface area contributed by atoms with Crippen LogP contribution in [0.1, 0.15) is 55.3 Å². The van der Waals surface area contributed by atoms with Gasteiger partial charge in [-0.1, -0.05) is 20.8 Å². The minimum atomic E-state index is -0.510. The van der Waals surface area contributed by atoms with Gasteiger partial charge in [-0.05, 0) is 62.4 Å². The third-order valence-corrected chi connectivity index (χ3v) is 4.80. The Hall–Kier alpha value is -3.15. The van der Waals surface area contributed by atoms with E-state index in [2.05, 4.69) is 0 Å². The second kappa shape index (κ2) is 9.57. The lowest BCUT2D eigenvalue weighted by molar-refractivity contribution is -0.125. The molecule has 30 heavy (non-hydrogen) atoms. The van der Waals surface area contributed by atoms with Crippen LogP contribution in [0.3, 0.4) is 0 Å². The first-order chi connectivity index (χ1) is 14.1. The van der Waals surface area contributed by atoms with Crippen molar-refractivity contribution >= 4 is 23.5 Å². The maximum absolute atomic E-state index is 12.4. The normalized spacial score (nSPS) is 11.0. The highest BCUT2D eigenvalue weighted by molar-refractivity contribution is 5.97. The molecule has 6 heteroatoms. The van der Waals surface area contributed by atoms with Gasteiger partial charge in [0.1, 0.15) is 5.75 Å². The maximum atomic E-state index is 12.4. The molecule has 0 spiro atoms.